The van der Waals surface area contributed by atoms with Gasteiger partial charge < -0.3 is 10.6 Å². The summed E-state index contributed by atoms with van der Waals surface area (Å²) < 4.78 is 23.6. The van der Waals surface area contributed by atoms with Gasteiger partial charge in [0.2, 0.25) is 0 Å². The number of rotatable bonds is 8. The molecule has 30 heavy (non-hydrogen) atoms. The monoisotopic (exact) mass is 436 g/mol. The summed E-state index contributed by atoms with van der Waals surface area (Å²) in [6, 6.07) is 5.94. The number of hydrogen-bond acceptors (Lipinski definition) is 4. The smallest absolute Gasteiger partial charge is 0.191 e. The molecule has 1 fully saturated rings. The third-order valence-corrected chi connectivity index (χ3v) is 7.02. The fourth-order valence-corrected chi connectivity index (χ4v) is 5.11. The molecule has 0 spiro atoms. The van der Waals surface area contributed by atoms with Gasteiger partial charge in [0.1, 0.15) is 0 Å². The average Bonchev–Trinajstić information content (AvgIpc) is 2.94. The summed E-state index contributed by atoms with van der Waals surface area (Å²) in [5, 5.41) is 6.88. The molecular formula is C23H40N4O2S. The maximum absolute atomic E-state index is 11.8. The van der Waals surface area contributed by atoms with Gasteiger partial charge in [-0.2, -0.15) is 0 Å². The molecule has 6 nitrogen and oxygen atoms in total. The third kappa shape index (κ3) is 7.58. The minimum absolute atomic E-state index is 0.387. The molecule has 1 aliphatic heterocycles. The van der Waals surface area contributed by atoms with Crippen molar-refractivity contribution in [2.75, 3.05) is 32.4 Å². The molecule has 7 heteroatoms. The highest BCUT2D eigenvalue weighted by Crippen LogP contribution is 2.18. The van der Waals surface area contributed by atoms with Crippen molar-refractivity contribution in [2.45, 2.75) is 70.9 Å². The fourth-order valence-electron chi connectivity index (χ4n) is 4.15. The first-order chi connectivity index (χ1) is 14.2. The number of likely N-dealkylation sites (tertiary alicyclic amines) is 1. The SMILES string of the molecule is CCNC(=NCc1ccc(S(C)(=O)=O)c(C)c1)NCC(C(C)C)N1CCCCCC1. The van der Waals surface area contributed by atoms with Crippen molar-refractivity contribution in [1.82, 2.24) is 15.5 Å². The predicted molar refractivity (Wildman–Crippen MR) is 126 cm³/mol. The van der Waals surface area contributed by atoms with Crippen molar-refractivity contribution in [3.05, 3.63) is 29.3 Å². The molecule has 2 N–H and O–H groups in total. The zero-order valence-electron chi connectivity index (χ0n) is 19.4. The highest BCUT2D eigenvalue weighted by molar-refractivity contribution is 7.90. The Bertz CT molecular complexity index is 797. The molecule has 1 aromatic rings. The minimum Gasteiger partial charge on any atom is -0.357 e. The number of sulfone groups is 1. The summed E-state index contributed by atoms with van der Waals surface area (Å²) in [7, 11) is -3.20. The molecule has 1 saturated heterocycles. The highest BCUT2D eigenvalue weighted by atomic mass is 32.2. The Hall–Kier alpha value is -1.60. The van der Waals surface area contributed by atoms with Crippen LogP contribution >= 0.6 is 0 Å². The van der Waals surface area contributed by atoms with Gasteiger partial charge >= 0.3 is 0 Å². The lowest BCUT2D eigenvalue weighted by Gasteiger charge is -2.34. The quantitative estimate of drug-likeness (QED) is 0.483. The number of aryl methyl sites for hydroxylation is 1. The van der Waals surface area contributed by atoms with Gasteiger partial charge in [0.05, 0.1) is 11.4 Å². The van der Waals surface area contributed by atoms with Gasteiger partial charge in [-0.1, -0.05) is 38.8 Å². The van der Waals surface area contributed by atoms with Crippen LogP contribution in [-0.2, 0) is 16.4 Å². The second kappa shape index (κ2) is 11.7. The summed E-state index contributed by atoms with van der Waals surface area (Å²) in [5.74, 6) is 1.38. The molecule has 1 heterocycles. The summed E-state index contributed by atoms with van der Waals surface area (Å²) in [6.45, 7) is 13.0. The molecule has 2 rings (SSSR count). The fraction of sp³-hybridized carbons (Fsp3) is 0.696. The maximum atomic E-state index is 11.8. The first-order valence-electron chi connectivity index (χ1n) is 11.3. The zero-order valence-corrected chi connectivity index (χ0v) is 20.2. The largest absolute Gasteiger partial charge is 0.357 e. The molecule has 0 bridgehead atoms. The molecule has 1 atom stereocenters. The first-order valence-corrected chi connectivity index (χ1v) is 13.2. The molecule has 0 saturated carbocycles. The van der Waals surface area contributed by atoms with E-state index < -0.39 is 9.84 Å². The van der Waals surface area contributed by atoms with Crippen molar-refractivity contribution in [1.29, 1.82) is 0 Å². The Morgan fingerprint density at radius 1 is 1.13 bits per heavy atom. The topological polar surface area (TPSA) is 73.8 Å². The Labute approximate surface area is 183 Å². The van der Waals surface area contributed by atoms with Crippen molar-refractivity contribution < 1.29 is 8.42 Å². The number of nitrogens with zero attached hydrogens (tertiary/aromatic N) is 2. The Kier molecular flexibility index (Phi) is 9.62. The number of nitrogens with one attached hydrogen (secondary N) is 2. The minimum atomic E-state index is -3.20. The molecule has 0 aliphatic carbocycles. The number of benzene rings is 1. The van der Waals surface area contributed by atoms with E-state index >= 15 is 0 Å². The standard InChI is InChI=1S/C23H40N4O2S/c1-6-24-23(25-16-20-11-12-22(19(4)15-20)30(5,28)29)26-17-21(18(2)3)27-13-9-7-8-10-14-27/h11-12,15,18,21H,6-10,13-14,16-17H2,1-5H3,(H2,24,25,26). The van der Waals surface area contributed by atoms with Crippen LogP contribution in [0.2, 0.25) is 0 Å². The molecule has 0 aromatic heterocycles. The van der Waals surface area contributed by atoms with Gasteiger partial charge in [0.25, 0.3) is 0 Å². The zero-order chi connectivity index (χ0) is 22.1. The molecule has 1 aromatic carbocycles. The van der Waals surface area contributed by atoms with E-state index in [9.17, 15) is 8.42 Å². The molecule has 0 amide bonds. The summed E-state index contributed by atoms with van der Waals surface area (Å²) in [4.78, 5) is 7.77. The lowest BCUT2D eigenvalue weighted by atomic mass is 10.0. The van der Waals surface area contributed by atoms with E-state index in [0.29, 0.717) is 23.4 Å². The van der Waals surface area contributed by atoms with Crippen LogP contribution in [0.3, 0.4) is 0 Å². The molecule has 170 valence electrons. The lowest BCUT2D eigenvalue weighted by molar-refractivity contribution is 0.161. The van der Waals surface area contributed by atoms with Crippen molar-refractivity contribution in [3.8, 4) is 0 Å². The van der Waals surface area contributed by atoms with E-state index in [-0.39, 0.29) is 0 Å². The predicted octanol–water partition coefficient (Wildman–Crippen LogP) is 3.35. The van der Waals surface area contributed by atoms with Crippen LogP contribution in [0.5, 0.6) is 0 Å². The van der Waals surface area contributed by atoms with E-state index in [0.717, 1.165) is 30.2 Å². The molecule has 1 aliphatic rings. The van der Waals surface area contributed by atoms with Gasteiger partial charge in [0.15, 0.2) is 15.8 Å². The number of guanidine groups is 1. The van der Waals surface area contributed by atoms with Gasteiger partial charge in [-0.3, -0.25) is 4.90 Å². The maximum Gasteiger partial charge on any atom is 0.191 e. The van der Waals surface area contributed by atoms with Gasteiger partial charge in [0, 0.05) is 25.4 Å². The van der Waals surface area contributed by atoms with E-state index in [1.54, 1.807) is 6.07 Å². The van der Waals surface area contributed by atoms with Crippen LogP contribution in [0.25, 0.3) is 0 Å². The van der Waals surface area contributed by atoms with Crippen LogP contribution in [0, 0.1) is 12.8 Å². The number of aliphatic imine (C=N–C) groups is 1. The third-order valence-electron chi connectivity index (χ3n) is 5.76. The van der Waals surface area contributed by atoms with Gasteiger partial charge in [-0.05, 0) is 62.9 Å². The van der Waals surface area contributed by atoms with E-state index in [1.165, 1.54) is 45.0 Å². The van der Waals surface area contributed by atoms with Crippen LogP contribution < -0.4 is 10.6 Å². The van der Waals surface area contributed by atoms with Crippen molar-refractivity contribution in [3.63, 3.8) is 0 Å². The number of hydrogen-bond donors (Lipinski definition) is 2. The molecular weight excluding hydrogens is 396 g/mol. The van der Waals surface area contributed by atoms with E-state index in [4.69, 9.17) is 4.99 Å². The summed E-state index contributed by atoms with van der Waals surface area (Å²) >= 11 is 0. The normalized spacial score (nSPS) is 17.6. The van der Waals surface area contributed by atoms with Crippen molar-refractivity contribution in [2.24, 2.45) is 10.9 Å². The average molecular weight is 437 g/mol. The Balaban J connectivity index is 2.05. The van der Waals surface area contributed by atoms with Crippen molar-refractivity contribution >= 4 is 15.8 Å². The molecule has 1 unspecified atom stereocenters. The second-order valence-electron chi connectivity index (χ2n) is 8.71. The summed E-state index contributed by atoms with van der Waals surface area (Å²) in [6.07, 6.45) is 6.52. The van der Waals surface area contributed by atoms with E-state index in [2.05, 4.69) is 36.3 Å². The Morgan fingerprint density at radius 3 is 2.33 bits per heavy atom. The highest BCUT2D eigenvalue weighted by Gasteiger charge is 2.23. The molecule has 0 radical (unpaired) electrons. The van der Waals surface area contributed by atoms with Gasteiger partial charge in [-0.15, -0.1) is 0 Å². The second-order valence-corrected chi connectivity index (χ2v) is 10.7. The van der Waals surface area contributed by atoms with E-state index in [1.807, 2.05) is 19.1 Å². The Morgan fingerprint density at radius 2 is 1.80 bits per heavy atom. The van der Waals surface area contributed by atoms with Crippen LogP contribution in [0.4, 0.5) is 0 Å². The van der Waals surface area contributed by atoms with Crippen LogP contribution in [-0.4, -0.2) is 57.8 Å². The lowest BCUT2D eigenvalue weighted by Crippen LogP contribution is -2.49. The first kappa shape index (κ1) is 24.7. The van der Waals surface area contributed by atoms with Crippen LogP contribution in [0.1, 0.15) is 57.6 Å². The van der Waals surface area contributed by atoms with Gasteiger partial charge in [-0.25, -0.2) is 13.4 Å². The summed E-state index contributed by atoms with van der Waals surface area (Å²) in [5.41, 5.74) is 1.77. The van der Waals surface area contributed by atoms with Crippen LogP contribution in [0.15, 0.2) is 28.1 Å².